The van der Waals surface area contributed by atoms with Gasteiger partial charge < -0.3 is 14.5 Å². The molecular formula is C29H37N3O3. The molecule has 0 fully saturated rings. The van der Waals surface area contributed by atoms with E-state index in [1.54, 1.807) is 6.07 Å². The monoisotopic (exact) mass is 475 g/mol. The minimum Gasteiger partial charge on any atom is -0.490 e. The fourth-order valence-electron chi connectivity index (χ4n) is 4.43. The number of carbonyl (C=O) groups is 1. The van der Waals surface area contributed by atoms with Crippen molar-refractivity contribution in [2.24, 2.45) is 0 Å². The summed E-state index contributed by atoms with van der Waals surface area (Å²) in [6.07, 6.45) is 10.7. The van der Waals surface area contributed by atoms with Crippen molar-refractivity contribution in [3.63, 3.8) is 0 Å². The highest BCUT2D eigenvalue weighted by molar-refractivity contribution is 5.97. The van der Waals surface area contributed by atoms with Crippen LogP contribution in [-0.2, 0) is 0 Å². The largest absolute Gasteiger partial charge is 0.490 e. The summed E-state index contributed by atoms with van der Waals surface area (Å²) in [7, 11) is 0. The molecule has 1 aromatic heterocycles. The fraction of sp³-hybridized carbons (Fsp3) is 0.414. The third-order valence-electron chi connectivity index (χ3n) is 6.45. The van der Waals surface area contributed by atoms with Crippen molar-refractivity contribution in [3.8, 4) is 11.5 Å². The summed E-state index contributed by atoms with van der Waals surface area (Å²) < 4.78 is 11.3. The minimum absolute atomic E-state index is 0.417. The van der Waals surface area contributed by atoms with E-state index >= 15 is 0 Å². The Balaban J connectivity index is 1.42. The molecule has 6 heteroatoms. The molecule has 4 rings (SSSR count). The molecule has 0 radical (unpaired) electrons. The summed E-state index contributed by atoms with van der Waals surface area (Å²) in [4.78, 5) is 18.6. The van der Waals surface area contributed by atoms with Gasteiger partial charge in [-0.1, -0.05) is 51.3 Å². The number of anilines is 1. The van der Waals surface area contributed by atoms with E-state index in [1.165, 1.54) is 36.9 Å². The van der Waals surface area contributed by atoms with Gasteiger partial charge in [0.15, 0.2) is 11.5 Å². The highest BCUT2D eigenvalue weighted by Crippen LogP contribution is 2.32. The number of nitrogens with zero attached hydrogens (tertiary/aromatic N) is 1. The molecule has 186 valence electrons. The van der Waals surface area contributed by atoms with Crippen LogP contribution in [0.5, 0.6) is 11.5 Å². The van der Waals surface area contributed by atoms with Gasteiger partial charge in [-0.3, -0.25) is 10.2 Å². The van der Waals surface area contributed by atoms with E-state index in [0.717, 1.165) is 43.3 Å². The lowest BCUT2D eigenvalue weighted by molar-refractivity contribution is 0.211. The van der Waals surface area contributed by atoms with E-state index in [2.05, 4.69) is 41.3 Å². The summed E-state index contributed by atoms with van der Waals surface area (Å²) in [5.74, 6) is 0.993. The van der Waals surface area contributed by atoms with Gasteiger partial charge in [0.25, 0.3) is 0 Å². The summed E-state index contributed by atoms with van der Waals surface area (Å²) in [5, 5.41) is 3.98. The zero-order valence-corrected chi connectivity index (χ0v) is 20.9. The summed E-state index contributed by atoms with van der Waals surface area (Å²) in [5.41, 5.74) is 4.32. The van der Waals surface area contributed by atoms with Crippen LogP contribution in [0, 0.1) is 0 Å². The van der Waals surface area contributed by atoms with Crippen molar-refractivity contribution in [3.05, 3.63) is 60.3 Å². The molecule has 1 amide bonds. The number of unbranched alkanes of at least 4 members (excludes halogenated alkanes) is 3. The van der Waals surface area contributed by atoms with Gasteiger partial charge >= 0.3 is 6.09 Å². The summed E-state index contributed by atoms with van der Waals surface area (Å²) in [6.45, 7) is 8.21. The number of fused-ring (bicyclic) bond motifs is 1. The molecule has 2 heterocycles. The van der Waals surface area contributed by atoms with E-state index in [9.17, 15) is 4.79 Å². The SMILES string of the molecule is CCCCCN1CC=C(c2c[nH]c3ccc(NC(=O)Oc4ccccc4OCCCC)cc23)CC1. The first-order valence-corrected chi connectivity index (χ1v) is 12.9. The zero-order valence-electron chi connectivity index (χ0n) is 20.9. The molecule has 0 unspecified atom stereocenters. The normalized spacial score (nSPS) is 14.1. The van der Waals surface area contributed by atoms with Gasteiger partial charge in [0.1, 0.15) is 0 Å². The Hall–Kier alpha value is -3.25. The maximum absolute atomic E-state index is 12.7. The van der Waals surface area contributed by atoms with E-state index < -0.39 is 6.09 Å². The number of H-pyrrole nitrogens is 1. The van der Waals surface area contributed by atoms with Crippen molar-refractivity contribution < 1.29 is 14.3 Å². The Morgan fingerprint density at radius 2 is 1.89 bits per heavy atom. The molecule has 6 nitrogen and oxygen atoms in total. The van der Waals surface area contributed by atoms with Crippen molar-refractivity contribution in [1.29, 1.82) is 0 Å². The van der Waals surface area contributed by atoms with Gasteiger partial charge in [-0.25, -0.2) is 4.79 Å². The van der Waals surface area contributed by atoms with E-state index in [0.29, 0.717) is 23.8 Å². The second kappa shape index (κ2) is 12.5. The molecule has 0 saturated heterocycles. The smallest absolute Gasteiger partial charge is 0.417 e. The lowest BCUT2D eigenvalue weighted by Gasteiger charge is -2.26. The Morgan fingerprint density at radius 1 is 1.06 bits per heavy atom. The Labute approximate surface area is 208 Å². The maximum atomic E-state index is 12.7. The fourth-order valence-corrected chi connectivity index (χ4v) is 4.43. The van der Waals surface area contributed by atoms with Crippen LogP contribution in [-0.4, -0.2) is 42.2 Å². The third kappa shape index (κ3) is 6.67. The number of carbonyl (C=O) groups excluding carboxylic acids is 1. The minimum atomic E-state index is -0.535. The lowest BCUT2D eigenvalue weighted by atomic mass is 9.98. The third-order valence-corrected chi connectivity index (χ3v) is 6.45. The van der Waals surface area contributed by atoms with Crippen LogP contribution < -0.4 is 14.8 Å². The number of rotatable bonds is 11. The van der Waals surface area contributed by atoms with Gasteiger partial charge in [0.05, 0.1) is 6.61 Å². The first-order chi connectivity index (χ1) is 17.2. The molecule has 0 saturated carbocycles. The highest BCUT2D eigenvalue weighted by Gasteiger charge is 2.16. The average molecular weight is 476 g/mol. The second-order valence-corrected chi connectivity index (χ2v) is 9.11. The van der Waals surface area contributed by atoms with Gasteiger partial charge in [0.2, 0.25) is 0 Å². The van der Waals surface area contributed by atoms with E-state index in [1.807, 2.05) is 36.4 Å². The number of nitrogens with one attached hydrogen (secondary N) is 2. The quantitative estimate of drug-likeness (QED) is 0.287. The molecule has 0 aliphatic carbocycles. The number of aromatic amines is 1. The molecule has 35 heavy (non-hydrogen) atoms. The molecule has 3 aromatic rings. The van der Waals surface area contributed by atoms with Crippen molar-refractivity contribution in [2.45, 2.75) is 52.4 Å². The van der Waals surface area contributed by atoms with Crippen molar-refractivity contribution in [1.82, 2.24) is 9.88 Å². The number of hydrogen-bond donors (Lipinski definition) is 2. The Kier molecular flexibility index (Phi) is 8.85. The lowest BCUT2D eigenvalue weighted by Crippen LogP contribution is -2.29. The Bertz CT molecular complexity index is 1150. The second-order valence-electron chi connectivity index (χ2n) is 9.11. The molecule has 0 spiro atoms. The number of benzene rings is 2. The predicted octanol–water partition coefficient (Wildman–Crippen LogP) is 7.24. The maximum Gasteiger partial charge on any atom is 0.417 e. The number of ether oxygens (including phenoxy) is 2. The standard InChI is InChI=1S/C29H37N3O3/c1-3-5-9-16-32-17-14-22(15-18-32)25-21-30-26-13-12-23(20-24(25)26)31-29(33)35-28-11-8-7-10-27(28)34-19-6-4-2/h7-8,10-14,20-21,30H,3-6,9,15-19H2,1-2H3,(H,31,33). The number of hydrogen-bond acceptors (Lipinski definition) is 4. The van der Waals surface area contributed by atoms with Crippen molar-refractivity contribution >= 4 is 28.3 Å². The number of para-hydroxylation sites is 2. The highest BCUT2D eigenvalue weighted by atomic mass is 16.6. The molecular weight excluding hydrogens is 438 g/mol. The van der Waals surface area contributed by atoms with Crippen LogP contribution in [0.2, 0.25) is 0 Å². The first-order valence-electron chi connectivity index (χ1n) is 12.9. The summed E-state index contributed by atoms with van der Waals surface area (Å²) in [6, 6.07) is 13.2. The molecule has 2 N–H and O–H groups in total. The van der Waals surface area contributed by atoms with Crippen LogP contribution >= 0.6 is 0 Å². The van der Waals surface area contributed by atoms with Gasteiger partial charge in [-0.15, -0.1) is 0 Å². The number of aromatic nitrogens is 1. The average Bonchev–Trinajstić information content (AvgIpc) is 3.29. The van der Waals surface area contributed by atoms with Crippen LogP contribution in [0.4, 0.5) is 10.5 Å². The summed E-state index contributed by atoms with van der Waals surface area (Å²) >= 11 is 0. The molecule has 0 bridgehead atoms. The van der Waals surface area contributed by atoms with Gasteiger partial charge in [-0.2, -0.15) is 0 Å². The van der Waals surface area contributed by atoms with Crippen molar-refractivity contribution in [2.75, 3.05) is 31.6 Å². The van der Waals surface area contributed by atoms with Crippen LogP contribution in [0.15, 0.2) is 54.7 Å². The van der Waals surface area contributed by atoms with Gasteiger partial charge in [-0.05, 0) is 61.7 Å². The molecule has 1 aliphatic heterocycles. The number of amides is 1. The molecule has 0 atom stereocenters. The van der Waals surface area contributed by atoms with Crippen LogP contribution in [0.3, 0.4) is 0 Å². The zero-order chi connectivity index (χ0) is 24.5. The van der Waals surface area contributed by atoms with E-state index in [-0.39, 0.29) is 0 Å². The molecule has 2 aromatic carbocycles. The van der Waals surface area contributed by atoms with Crippen LogP contribution in [0.25, 0.3) is 16.5 Å². The predicted molar refractivity (Wildman–Crippen MR) is 143 cm³/mol. The molecule has 1 aliphatic rings. The van der Waals surface area contributed by atoms with E-state index in [4.69, 9.17) is 9.47 Å². The first kappa shape index (κ1) is 24.9. The van der Waals surface area contributed by atoms with Gasteiger partial charge in [0, 0.05) is 41.4 Å². The Morgan fingerprint density at radius 3 is 2.66 bits per heavy atom. The topological polar surface area (TPSA) is 66.6 Å². The van der Waals surface area contributed by atoms with Crippen LogP contribution in [0.1, 0.15) is 57.9 Å².